The Morgan fingerprint density at radius 1 is 1.00 bits per heavy atom. The lowest BCUT2D eigenvalue weighted by atomic mass is 9.96. The first kappa shape index (κ1) is 15.5. The summed E-state index contributed by atoms with van der Waals surface area (Å²) in [6.45, 7) is 11.9. The molecule has 4 nitrogen and oxygen atoms in total. The van der Waals surface area contributed by atoms with Crippen LogP contribution in [0.15, 0.2) is 12.1 Å². The van der Waals surface area contributed by atoms with Crippen molar-refractivity contribution in [1.82, 2.24) is 5.32 Å². The molecule has 0 bridgehead atoms. The average Bonchev–Trinajstić information content (AvgIpc) is 2.73. The predicted octanol–water partition coefficient (Wildman–Crippen LogP) is 3.17. The quantitative estimate of drug-likeness (QED) is 0.898. The minimum Gasteiger partial charge on any atom is -0.478 e. The Hall–Kier alpha value is -1.84. The smallest absolute Gasteiger partial charge is 0.336 e. The molecule has 21 heavy (non-hydrogen) atoms. The lowest BCUT2D eigenvalue weighted by molar-refractivity contribution is 0.0689. The number of rotatable bonds is 3. The van der Waals surface area contributed by atoms with E-state index in [-0.39, 0.29) is 33.9 Å². The van der Waals surface area contributed by atoms with Gasteiger partial charge in [0.15, 0.2) is 0 Å². The number of hydrogen-bond donors (Lipinski definition) is 2. The third-order valence-corrected chi connectivity index (χ3v) is 5.36. The highest BCUT2D eigenvalue weighted by atomic mass is 16.4. The van der Waals surface area contributed by atoms with Crippen LogP contribution >= 0.6 is 0 Å². The molecule has 0 aromatic heterocycles. The fourth-order valence-electron chi connectivity index (χ4n) is 3.14. The van der Waals surface area contributed by atoms with Crippen LogP contribution in [-0.2, 0) is 0 Å². The van der Waals surface area contributed by atoms with Crippen molar-refractivity contribution in [3.63, 3.8) is 0 Å². The molecular weight excluding hydrogens is 266 g/mol. The molecule has 4 heteroatoms. The van der Waals surface area contributed by atoms with Crippen LogP contribution in [0.5, 0.6) is 0 Å². The Morgan fingerprint density at radius 2 is 1.43 bits per heavy atom. The minimum atomic E-state index is -1.06. The van der Waals surface area contributed by atoms with Crippen molar-refractivity contribution < 1.29 is 14.7 Å². The predicted molar refractivity (Wildman–Crippen MR) is 81.7 cm³/mol. The first-order valence-corrected chi connectivity index (χ1v) is 7.16. The van der Waals surface area contributed by atoms with Crippen molar-refractivity contribution in [2.45, 2.75) is 47.6 Å². The molecule has 0 unspecified atom stereocenters. The van der Waals surface area contributed by atoms with Crippen LogP contribution in [0.25, 0.3) is 0 Å². The van der Waals surface area contributed by atoms with Gasteiger partial charge in [-0.15, -0.1) is 0 Å². The van der Waals surface area contributed by atoms with Crippen molar-refractivity contribution in [2.24, 2.45) is 10.8 Å². The number of benzene rings is 1. The summed E-state index contributed by atoms with van der Waals surface area (Å²) in [5.74, 6) is -1.35. The number of hydrogen-bond acceptors (Lipinski definition) is 2. The summed E-state index contributed by atoms with van der Waals surface area (Å²) in [7, 11) is 0. The average molecular weight is 289 g/mol. The standard InChI is InChI=1S/C17H23NO3/c1-9-7-8-10(2)12(14(20)21)11(9)13(19)18-15-16(3,4)17(15,5)6/h7-8,15H,1-6H3,(H,18,19)(H,20,21). The second kappa shape index (κ2) is 4.58. The molecule has 1 aliphatic carbocycles. The molecule has 2 rings (SSSR count). The van der Waals surface area contributed by atoms with E-state index in [4.69, 9.17) is 0 Å². The number of carboxylic acids is 1. The zero-order valence-corrected chi connectivity index (χ0v) is 13.5. The number of carbonyl (C=O) groups is 2. The SMILES string of the molecule is Cc1ccc(C)c(C(=O)NC2C(C)(C)C2(C)C)c1C(=O)O. The Labute approximate surface area is 125 Å². The Morgan fingerprint density at radius 3 is 1.81 bits per heavy atom. The van der Waals surface area contributed by atoms with Crippen LogP contribution < -0.4 is 5.32 Å². The van der Waals surface area contributed by atoms with Crippen LogP contribution in [-0.4, -0.2) is 23.0 Å². The maximum Gasteiger partial charge on any atom is 0.336 e. The number of aryl methyl sites for hydroxylation is 2. The van der Waals surface area contributed by atoms with Gasteiger partial charge in [0, 0.05) is 6.04 Å². The van der Waals surface area contributed by atoms with Gasteiger partial charge in [-0.3, -0.25) is 4.79 Å². The topological polar surface area (TPSA) is 66.4 Å². The largest absolute Gasteiger partial charge is 0.478 e. The lowest BCUT2D eigenvalue weighted by Gasteiger charge is -2.13. The van der Waals surface area contributed by atoms with E-state index in [2.05, 4.69) is 33.0 Å². The molecule has 1 aromatic carbocycles. The highest BCUT2D eigenvalue weighted by Crippen LogP contribution is 2.62. The molecule has 0 radical (unpaired) electrons. The van der Waals surface area contributed by atoms with Gasteiger partial charge < -0.3 is 10.4 Å². The summed E-state index contributed by atoms with van der Waals surface area (Å²) >= 11 is 0. The number of nitrogens with one attached hydrogen (secondary N) is 1. The van der Waals surface area contributed by atoms with Crippen LogP contribution in [0.4, 0.5) is 0 Å². The maximum atomic E-state index is 12.6. The minimum absolute atomic E-state index is 0.0176. The highest BCUT2D eigenvalue weighted by molar-refractivity contribution is 6.07. The summed E-state index contributed by atoms with van der Waals surface area (Å²) in [4.78, 5) is 24.1. The molecule has 1 fully saturated rings. The second-order valence-electron chi connectivity index (χ2n) is 7.10. The number of carboxylic acid groups (broad SMARTS) is 1. The van der Waals surface area contributed by atoms with Crippen LogP contribution in [0, 0.1) is 24.7 Å². The van der Waals surface area contributed by atoms with E-state index in [1.54, 1.807) is 26.0 Å². The Bertz CT molecular complexity index is 615. The van der Waals surface area contributed by atoms with E-state index in [0.29, 0.717) is 11.1 Å². The van der Waals surface area contributed by atoms with Gasteiger partial charge in [0.2, 0.25) is 0 Å². The van der Waals surface area contributed by atoms with Crippen molar-refractivity contribution in [1.29, 1.82) is 0 Å². The summed E-state index contributed by atoms with van der Waals surface area (Å²) in [6, 6.07) is 3.58. The Kier molecular flexibility index (Phi) is 3.39. The molecule has 0 aliphatic heterocycles. The van der Waals surface area contributed by atoms with E-state index in [0.717, 1.165) is 0 Å². The van der Waals surface area contributed by atoms with Gasteiger partial charge in [0.25, 0.3) is 5.91 Å². The van der Waals surface area contributed by atoms with E-state index < -0.39 is 5.97 Å². The maximum absolute atomic E-state index is 12.6. The van der Waals surface area contributed by atoms with Gasteiger partial charge in [-0.1, -0.05) is 39.8 Å². The lowest BCUT2D eigenvalue weighted by Crippen LogP contribution is -2.32. The van der Waals surface area contributed by atoms with Crippen LogP contribution in [0.1, 0.15) is 59.5 Å². The molecule has 1 aromatic rings. The van der Waals surface area contributed by atoms with Crippen molar-refractivity contribution in [2.75, 3.05) is 0 Å². The van der Waals surface area contributed by atoms with Gasteiger partial charge >= 0.3 is 5.97 Å². The zero-order chi connectivity index (χ0) is 16.2. The summed E-state index contributed by atoms with van der Waals surface area (Å²) in [6.07, 6.45) is 0. The fourth-order valence-corrected chi connectivity index (χ4v) is 3.14. The molecule has 0 heterocycles. The van der Waals surface area contributed by atoms with Gasteiger partial charge in [0.05, 0.1) is 11.1 Å². The van der Waals surface area contributed by atoms with Gasteiger partial charge in [0.1, 0.15) is 0 Å². The van der Waals surface area contributed by atoms with Gasteiger partial charge in [-0.05, 0) is 35.8 Å². The molecule has 0 saturated heterocycles. The van der Waals surface area contributed by atoms with E-state index in [1.165, 1.54) is 0 Å². The normalized spacial score (nSPS) is 19.1. The van der Waals surface area contributed by atoms with Gasteiger partial charge in [-0.2, -0.15) is 0 Å². The fraction of sp³-hybridized carbons (Fsp3) is 0.529. The summed E-state index contributed by atoms with van der Waals surface area (Å²) in [5.41, 5.74) is 1.71. The molecule has 1 aliphatic rings. The zero-order valence-electron chi connectivity index (χ0n) is 13.5. The number of carbonyl (C=O) groups excluding carboxylic acids is 1. The molecule has 114 valence electrons. The molecule has 1 amide bonds. The molecule has 0 spiro atoms. The molecule has 1 saturated carbocycles. The molecule has 2 N–H and O–H groups in total. The Balaban J connectivity index is 2.38. The highest BCUT2D eigenvalue weighted by Gasteiger charge is 2.65. The summed E-state index contributed by atoms with van der Waals surface area (Å²) in [5, 5.41) is 12.4. The molecule has 0 atom stereocenters. The van der Waals surface area contributed by atoms with E-state index >= 15 is 0 Å². The molecular formula is C17H23NO3. The monoisotopic (exact) mass is 289 g/mol. The van der Waals surface area contributed by atoms with Crippen LogP contribution in [0.2, 0.25) is 0 Å². The van der Waals surface area contributed by atoms with E-state index in [9.17, 15) is 14.7 Å². The first-order valence-electron chi connectivity index (χ1n) is 7.16. The van der Waals surface area contributed by atoms with Crippen molar-refractivity contribution >= 4 is 11.9 Å². The van der Waals surface area contributed by atoms with Crippen molar-refractivity contribution in [3.8, 4) is 0 Å². The third kappa shape index (κ3) is 2.23. The first-order chi connectivity index (χ1) is 9.51. The number of amides is 1. The van der Waals surface area contributed by atoms with Crippen molar-refractivity contribution in [3.05, 3.63) is 34.4 Å². The van der Waals surface area contributed by atoms with Crippen LogP contribution in [0.3, 0.4) is 0 Å². The second-order valence-corrected chi connectivity index (χ2v) is 7.10. The number of aromatic carboxylic acids is 1. The van der Waals surface area contributed by atoms with Gasteiger partial charge in [-0.25, -0.2) is 4.79 Å². The summed E-state index contributed by atoms with van der Waals surface area (Å²) < 4.78 is 0. The van der Waals surface area contributed by atoms with E-state index in [1.807, 2.05) is 0 Å². The third-order valence-electron chi connectivity index (χ3n) is 5.36.